The van der Waals surface area contributed by atoms with Gasteiger partial charge >= 0.3 is 0 Å². The van der Waals surface area contributed by atoms with Crippen LogP contribution in [0, 0.1) is 5.82 Å². The normalized spacial score (nSPS) is 12.2. The van der Waals surface area contributed by atoms with Gasteiger partial charge in [-0.1, -0.05) is 19.1 Å². The van der Waals surface area contributed by atoms with Crippen LogP contribution in [0.1, 0.15) is 23.4 Å². The van der Waals surface area contributed by atoms with E-state index in [2.05, 4.69) is 26.2 Å². The Labute approximate surface area is 134 Å². The van der Waals surface area contributed by atoms with Crippen molar-refractivity contribution in [3.8, 4) is 0 Å². The Bertz CT molecular complexity index is 616. The van der Waals surface area contributed by atoms with Crippen molar-refractivity contribution in [2.75, 3.05) is 11.9 Å². The van der Waals surface area contributed by atoms with Gasteiger partial charge in [-0.3, -0.25) is 0 Å². The topological polar surface area (TPSA) is 50.9 Å². The van der Waals surface area contributed by atoms with E-state index in [1.165, 1.54) is 0 Å². The molecule has 0 bridgehead atoms. The number of rotatable bonds is 5. The SMILES string of the molecule is CC(CNc1ccc(C(N)=S)c(Br)c1F)c1nccs1. The van der Waals surface area contributed by atoms with E-state index >= 15 is 0 Å². The summed E-state index contributed by atoms with van der Waals surface area (Å²) in [6.07, 6.45) is 1.77. The van der Waals surface area contributed by atoms with E-state index in [0.29, 0.717) is 17.8 Å². The monoisotopic (exact) mass is 373 g/mol. The quantitative estimate of drug-likeness (QED) is 0.780. The Morgan fingerprint density at radius 2 is 2.35 bits per heavy atom. The summed E-state index contributed by atoms with van der Waals surface area (Å²) >= 11 is 9.64. The molecular weight excluding hydrogens is 361 g/mol. The van der Waals surface area contributed by atoms with E-state index in [1.807, 2.05) is 12.3 Å². The summed E-state index contributed by atoms with van der Waals surface area (Å²) in [6, 6.07) is 3.34. The number of nitrogens with two attached hydrogens (primary N) is 1. The van der Waals surface area contributed by atoms with Gasteiger partial charge in [0.2, 0.25) is 0 Å². The van der Waals surface area contributed by atoms with Gasteiger partial charge in [-0.15, -0.1) is 11.3 Å². The van der Waals surface area contributed by atoms with Crippen LogP contribution in [0.2, 0.25) is 0 Å². The van der Waals surface area contributed by atoms with Crippen molar-refractivity contribution in [2.45, 2.75) is 12.8 Å². The van der Waals surface area contributed by atoms with Crippen LogP contribution in [0.3, 0.4) is 0 Å². The molecule has 3 nitrogen and oxygen atoms in total. The molecule has 1 aromatic heterocycles. The van der Waals surface area contributed by atoms with Gasteiger partial charge in [0.15, 0.2) is 5.82 Å². The second-order valence-corrected chi connectivity index (χ2v) is 6.46. The van der Waals surface area contributed by atoms with Crippen LogP contribution in [-0.2, 0) is 0 Å². The fraction of sp³-hybridized carbons (Fsp3) is 0.231. The minimum Gasteiger partial charge on any atom is -0.389 e. The second-order valence-electron chi connectivity index (χ2n) is 4.31. The van der Waals surface area contributed by atoms with Crippen molar-refractivity contribution < 1.29 is 4.39 Å². The molecule has 106 valence electrons. The predicted molar refractivity (Wildman–Crippen MR) is 89.0 cm³/mol. The Morgan fingerprint density at radius 3 is 2.95 bits per heavy atom. The second kappa shape index (κ2) is 6.60. The van der Waals surface area contributed by atoms with Gasteiger partial charge in [0.05, 0.1) is 15.2 Å². The number of nitrogens with one attached hydrogen (secondary N) is 1. The summed E-state index contributed by atoms with van der Waals surface area (Å²) in [6.45, 7) is 2.64. The number of aromatic nitrogens is 1. The lowest BCUT2D eigenvalue weighted by Gasteiger charge is -2.14. The molecule has 0 saturated heterocycles. The first-order valence-electron chi connectivity index (χ1n) is 5.91. The highest BCUT2D eigenvalue weighted by Crippen LogP contribution is 2.28. The molecule has 1 aromatic carbocycles. The van der Waals surface area contributed by atoms with Crippen molar-refractivity contribution in [2.24, 2.45) is 5.73 Å². The third kappa shape index (κ3) is 3.34. The minimum absolute atomic E-state index is 0.165. The summed E-state index contributed by atoms with van der Waals surface area (Å²) in [7, 11) is 0. The largest absolute Gasteiger partial charge is 0.389 e. The first kappa shape index (κ1) is 15.3. The van der Waals surface area contributed by atoms with Crippen molar-refractivity contribution in [1.82, 2.24) is 4.98 Å². The van der Waals surface area contributed by atoms with E-state index < -0.39 is 0 Å². The van der Waals surface area contributed by atoms with E-state index in [1.54, 1.807) is 29.7 Å². The molecule has 0 aliphatic heterocycles. The number of halogens is 2. The van der Waals surface area contributed by atoms with Crippen LogP contribution in [0.15, 0.2) is 28.2 Å². The maximum absolute atomic E-state index is 14.2. The molecule has 0 radical (unpaired) electrons. The zero-order valence-electron chi connectivity index (χ0n) is 10.7. The van der Waals surface area contributed by atoms with Crippen LogP contribution in [0.25, 0.3) is 0 Å². The molecule has 7 heteroatoms. The van der Waals surface area contributed by atoms with Crippen LogP contribution in [0.4, 0.5) is 10.1 Å². The summed E-state index contributed by atoms with van der Waals surface area (Å²) in [4.78, 5) is 4.41. The average Bonchev–Trinajstić information content (AvgIpc) is 2.93. The number of hydrogen-bond donors (Lipinski definition) is 2. The van der Waals surface area contributed by atoms with Crippen molar-refractivity contribution in [3.63, 3.8) is 0 Å². The molecule has 20 heavy (non-hydrogen) atoms. The number of thiazole rings is 1. The molecule has 2 aromatic rings. The zero-order valence-corrected chi connectivity index (χ0v) is 13.9. The first-order valence-corrected chi connectivity index (χ1v) is 8.00. The van der Waals surface area contributed by atoms with Crippen molar-refractivity contribution in [1.29, 1.82) is 0 Å². The molecule has 3 N–H and O–H groups in total. The van der Waals surface area contributed by atoms with E-state index in [4.69, 9.17) is 18.0 Å². The smallest absolute Gasteiger partial charge is 0.161 e. The molecule has 0 spiro atoms. The van der Waals surface area contributed by atoms with Gasteiger partial charge in [0.25, 0.3) is 0 Å². The van der Waals surface area contributed by atoms with Gasteiger partial charge in [-0.2, -0.15) is 0 Å². The highest BCUT2D eigenvalue weighted by atomic mass is 79.9. The third-order valence-corrected chi connectivity index (χ3v) is 4.82. The molecule has 0 amide bonds. The fourth-order valence-corrected chi connectivity index (χ4v) is 3.26. The van der Waals surface area contributed by atoms with E-state index in [-0.39, 0.29) is 21.2 Å². The number of benzene rings is 1. The summed E-state index contributed by atoms with van der Waals surface area (Å²) < 4.78 is 14.5. The Morgan fingerprint density at radius 1 is 1.60 bits per heavy atom. The van der Waals surface area contributed by atoms with Crippen molar-refractivity contribution >= 4 is 50.2 Å². The molecule has 1 heterocycles. The Hall–Kier alpha value is -1.05. The minimum atomic E-state index is -0.387. The lowest BCUT2D eigenvalue weighted by molar-refractivity contribution is 0.621. The standard InChI is InChI=1S/C13H13BrFN3S2/c1-7(13-17-4-5-20-13)6-18-9-3-2-8(12(16)19)10(14)11(9)15/h2-5,7,18H,6H2,1H3,(H2,16,19). The number of thiocarbonyl (C=S) groups is 1. The number of hydrogen-bond acceptors (Lipinski definition) is 4. The summed E-state index contributed by atoms with van der Waals surface area (Å²) in [5.41, 5.74) is 6.44. The maximum Gasteiger partial charge on any atom is 0.161 e. The first-order chi connectivity index (χ1) is 9.50. The highest BCUT2D eigenvalue weighted by Gasteiger charge is 2.14. The predicted octanol–water partition coefficient (Wildman–Crippen LogP) is 3.89. The lowest BCUT2D eigenvalue weighted by Crippen LogP contribution is -2.14. The Balaban J connectivity index is 2.11. The van der Waals surface area contributed by atoms with E-state index in [0.717, 1.165) is 5.01 Å². The van der Waals surface area contributed by atoms with E-state index in [9.17, 15) is 4.39 Å². The third-order valence-electron chi connectivity index (χ3n) is 2.82. The van der Waals surface area contributed by atoms with Crippen molar-refractivity contribution in [3.05, 3.63) is 44.6 Å². The highest BCUT2D eigenvalue weighted by molar-refractivity contribution is 9.10. The molecule has 2 rings (SSSR count). The van der Waals surface area contributed by atoms with Gasteiger partial charge in [0.1, 0.15) is 4.99 Å². The molecule has 1 unspecified atom stereocenters. The van der Waals surface area contributed by atoms with Gasteiger partial charge in [0, 0.05) is 29.6 Å². The molecule has 0 saturated carbocycles. The van der Waals surface area contributed by atoms with Gasteiger partial charge < -0.3 is 11.1 Å². The Kier molecular flexibility index (Phi) is 5.06. The number of nitrogens with zero attached hydrogens (tertiary/aromatic N) is 1. The lowest BCUT2D eigenvalue weighted by atomic mass is 10.1. The van der Waals surface area contributed by atoms with Gasteiger partial charge in [-0.25, -0.2) is 9.37 Å². The average molecular weight is 374 g/mol. The molecule has 0 aliphatic carbocycles. The summed E-state index contributed by atoms with van der Waals surface area (Å²) in [5.74, 6) is -0.176. The zero-order chi connectivity index (χ0) is 14.7. The number of anilines is 1. The maximum atomic E-state index is 14.2. The fourth-order valence-electron chi connectivity index (χ4n) is 1.70. The summed E-state index contributed by atoms with van der Waals surface area (Å²) in [5, 5.41) is 6.04. The van der Waals surface area contributed by atoms with Crippen LogP contribution in [-0.4, -0.2) is 16.5 Å². The van der Waals surface area contributed by atoms with Crippen LogP contribution >= 0.6 is 39.5 Å². The van der Waals surface area contributed by atoms with Gasteiger partial charge in [-0.05, 0) is 28.1 Å². The molecule has 1 atom stereocenters. The van der Waals surface area contributed by atoms with Crippen LogP contribution in [0.5, 0.6) is 0 Å². The van der Waals surface area contributed by atoms with Crippen LogP contribution < -0.4 is 11.1 Å². The molecular formula is C13H13BrFN3S2. The molecule has 0 fully saturated rings. The molecule has 0 aliphatic rings.